The molecule has 2 aliphatic rings. The van der Waals surface area contributed by atoms with E-state index in [4.69, 9.17) is 0 Å². The summed E-state index contributed by atoms with van der Waals surface area (Å²) in [6.45, 7) is 0.372. The van der Waals surface area contributed by atoms with Gasteiger partial charge in [-0.05, 0) is 67.8 Å². The number of fused-ring (bicyclic) bond motifs is 1. The summed E-state index contributed by atoms with van der Waals surface area (Å²) < 4.78 is 60.7. The van der Waals surface area contributed by atoms with Crippen molar-refractivity contribution >= 4 is 28.9 Å². The number of nitrogens with zero attached hydrogens (tertiary/aromatic N) is 4. The Morgan fingerprint density at radius 3 is 2.57 bits per heavy atom. The summed E-state index contributed by atoms with van der Waals surface area (Å²) >= 11 is 1.39. The van der Waals surface area contributed by atoms with E-state index >= 15 is 0 Å². The molecule has 2 fully saturated rings. The first-order valence-corrected chi connectivity index (χ1v) is 13.1. The predicted molar refractivity (Wildman–Crippen MR) is 133 cm³/mol. The van der Waals surface area contributed by atoms with Gasteiger partial charge in [-0.1, -0.05) is 13.3 Å². The highest BCUT2D eigenvalue weighted by Gasteiger charge is 2.30. The number of anilines is 1. The lowest BCUT2D eigenvalue weighted by Crippen LogP contribution is -2.36. The van der Waals surface area contributed by atoms with Crippen LogP contribution in [0.25, 0.3) is 11.0 Å². The fraction of sp³-hybridized carbons (Fsp3) is 0.480. The number of benzene rings is 1. The predicted octanol–water partition coefficient (Wildman–Crippen LogP) is 5.62. The Bertz CT molecular complexity index is 1330. The molecule has 12 heteroatoms. The van der Waals surface area contributed by atoms with Crippen molar-refractivity contribution in [3.8, 4) is 5.75 Å². The van der Waals surface area contributed by atoms with Gasteiger partial charge in [-0.25, -0.2) is 18.1 Å². The molecule has 3 aromatic rings. The van der Waals surface area contributed by atoms with E-state index in [-0.39, 0.29) is 18.0 Å². The summed E-state index contributed by atoms with van der Waals surface area (Å²) in [5.74, 6) is -1.58. The summed E-state index contributed by atoms with van der Waals surface area (Å²) in [5.41, 5.74) is -0.215. The third-order valence-corrected chi connectivity index (χ3v) is 8.11. The monoisotopic (exact) mass is 537 g/mol. The average molecular weight is 538 g/mol. The minimum absolute atomic E-state index is 0.0753. The van der Waals surface area contributed by atoms with Crippen molar-refractivity contribution in [2.45, 2.75) is 62.6 Å². The number of aromatic nitrogens is 3. The first-order valence-electron chi connectivity index (χ1n) is 12.3. The van der Waals surface area contributed by atoms with Crippen LogP contribution in [0.3, 0.4) is 0 Å². The largest absolute Gasteiger partial charge is 0.429 e. The molecule has 0 bridgehead atoms. The Hall–Kier alpha value is -2.86. The molecule has 37 heavy (non-hydrogen) atoms. The topological polar surface area (TPSA) is 72.3 Å². The van der Waals surface area contributed by atoms with Crippen LogP contribution in [0.5, 0.6) is 5.75 Å². The first-order chi connectivity index (χ1) is 17.8. The van der Waals surface area contributed by atoms with Crippen molar-refractivity contribution in [1.82, 2.24) is 18.8 Å². The van der Waals surface area contributed by atoms with Crippen LogP contribution in [-0.2, 0) is 0 Å². The molecule has 1 saturated heterocycles. The molecule has 2 unspecified atom stereocenters. The van der Waals surface area contributed by atoms with Gasteiger partial charge in [-0.15, -0.1) is 0 Å². The lowest BCUT2D eigenvalue weighted by atomic mass is 10.1. The quantitative estimate of drug-likeness (QED) is 0.310. The number of ether oxygens (including phenoxy) is 1. The number of piperidine rings is 1. The number of nitrogens with one attached hydrogen (secondary N) is 1. The van der Waals surface area contributed by atoms with Gasteiger partial charge in [0.05, 0.1) is 0 Å². The molecule has 2 atom stereocenters. The van der Waals surface area contributed by atoms with Crippen LogP contribution < -0.4 is 15.6 Å². The number of halogens is 4. The molecular formula is C25H27F4N5O2S. The molecular weight excluding hydrogens is 510 g/mol. The normalized spacial score (nSPS) is 21.1. The van der Waals surface area contributed by atoms with Crippen LogP contribution >= 0.6 is 11.9 Å². The Morgan fingerprint density at radius 1 is 1.11 bits per heavy atom. The maximum Gasteiger partial charge on any atom is 0.387 e. The van der Waals surface area contributed by atoms with E-state index < -0.39 is 29.6 Å². The van der Waals surface area contributed by atoms with Gasteiger partial charge in [-0.2, -0.15) is 13.8 Å². The van der Waals surface area contributed by atoms with Crippen molar-refractivity contribution in [3.63, 3.8) is 0 Å². The summed E-state index contributed by atoms with van der Waals surface area (Å²) in [5, 5.41) is 3.79. The molecule has 2 aromatic heterocycles. The van der Waals surface area contributed by atoms with E-state index in [9.17, 15) is 22.4 Å². The van der Waals surface area contributed by atoms with E-state index in [1.807, 2.05) is 6.92 Å². The van der Waals surface area contributed by atoms with Gasteiger partial charge in [-0.3, -0.25) is 9.36 Å². The second-order valence-corrected chi connectivity index (χ2v) is 10.7. The number of hydrogen-bond donors (Lipinski definition) is 1. The zero-order valence-corrected chi connectivity index (χ0v) is 21.0. The molecule has 1 saturated carbocycles. The molecule has 3 heterocycles. The summed E-state index contributed by atoms with van der Waals surface area (Å²) in [7, 11) is 0. The zero-order valence-electron chi connectivity index (χ0n) is 20.2. The molecule has 1 N–H and O–H groups in total. The second-order valence-electron chi connectivity index (χ2n) is 9.53. The van der Waals surface area contributed by atoms with Gasteiger partial charge in [0, 0.05) is 41.7 Å². The zero-order chi connectivity index (χ0) is 26.1. The lowest BCUT2D eigenvalue weighted by molar-refractivity contribution is -0.0510. The van der Waals surface area contributed by atoms with Crippen molar-refractivity contribution in [2.24, 2.45) is 5.92 Å². The van der Waals surface area contributed by atoms with E-state index in [1.54, 1.807) is 6.07 Å². The van der Waals surface area contributed by atoms with Gasteiger partial charge in [0.25, 0.3) is 5.56 Å². The molecule has 1 aromatic carbocycles. The summed E-state index contributed by atoms with van der Waals surface area (Å²) in [4.78, 5) is 22.8. The van der Waals surface area contributed by atoms with Gasteiger partial charge in [0.15, 0.2) is 17.4 Å². The molecule has 1 aliphatic carbocycles. The van der Waals surface area contributed by atoms with Crippen molar-refractivity contribution < 1.29 is 22.3 Å². The number of rotatable bonds is 7. The van der Waals surface area contributed by atoms with E-state index in [2.05, 4.69) is 24.3 Å². The molecule has 198 valence electrons. The van der Waals surface area contributed by atoms with Crippen molar-refractivity contribution in [2.75, 3.05) is 18.4 Å². The Balaban J connectivity index is 1.33. The van der Waals surface area contributed by atoms with Gasteiger partial charge in [0.2, 0.25) is 5.95 Å². The van der Waals surface area contributed by atoms with Gasteiger partial charge in [0.1, 0.15) is 5.65 Å². The Kier molecular flexibility index (Phi) is 7.57. The molecule has 7 nitrogen and oxygen atoms in total. The first kappa shape index (κ1) is 25.8. The number of alkyl halides is 2. The van der Waals surface area contributed by atoms with Gasteiger partial charge >= 0.3 is 6.61 Å². The molecule has 0 spiro atoms. The number of hydrogen-bond acceptors (Lipinski definition) is 7. The third kappa shape index (κ3) is 5.69. The molecule has 0 amide bonds. The molecule has 5 rings (SSSR count). The summed E-state index contributed by atoms with van der Waals surface area (Å²) in [6, 6.07) is 5.06. The van der Waals surface area contributed by atoms with Crippen LogP contribution in [0.1, 0.15) is 45.1 Å². The van der Waals surface area contributed by atoms with Crippen molar-refractivity contribution in [3.05, 3.63) is 52.5 Å². The standard InChI is InChI=1S/C25H27F4N5O2S/c1-14-3-2-4-20(14)34-22-15(11-21(23(34)35)36-24(28)29)13-30-25(32-22)31-16-7-9-33(10-8-16)37-17-5-6-18(26)19(27)12-17/h5-6,11-14,16,20,24H,2-4,7-10H2,1H3,(H,30,31,32). The molecule has 1 aliphatic heterocycles. The minimum atomic E-state index is -3.10. The highest BCUT2D eigenvalue weighted by molar-refractivity contribution is 7.97. The van der Waals surface area contributed by atoms with Crippen molar-refractivity contribution in [1.29, 1.82) is 0 Å². The fourth-order valence-electron chi connectivity index (χ4n) is 5.12. The third-order valence-electron chi connectivity index (χ3n) is 7.02. The maximum absolute atomic E-state index is 13.5. The van der Waals surface area contributed by atoms with Crippen LogP contribution in [0.4, 0.5) is 23.5 Å². The highest BCUT2D eigenvalue weighted by atomic mass is 32.2. The Morgan fingerprint density at radius 2 is 1.89 bits per heavy atom. The number of pyridine rings is 1. The maximum atomic E-state index is 13.5. The van der Waals surface area contributed by atoms with E-state index in [0.717, 1.165) is 38.2 Å². The highest BCUT2D eigenvalue weighted by Crippen LogP contribution is 2.36. The van der Waals surface area contributed by atoms with E-state index in [0.29, 0.717) is 35.0 Å². The van der Waals surface area contributed by atoms with Crippen LogP contribution in [0.2, 0.25) is 0 Å². The van der Waals surface area contributed by atoms with Gasteiger partial charge < -0.3 is 10.1 Å². The SMILES string of the molecule is CC1CCCC1n1c(=O)c(OC(F)F)cc2cnc(NC3CCN(Sc4ccc(F)c(F)c4)CC3)nc21. The fourth-order valence-corrected chi connectivity index (χ4v) is 6.10. The second kappa shape index (κ2) is 10.9. The minimum Gasteiger partial charge on any atom is -0.429 e. The smallest absolute Gasteiger partial charge is 0.387 e. The van der Waals surface area contributed by atoms with Crippen LogP contribution in [0.15, 0.2) is 40.2 Å². The molecule has 0 radical (unpaired) electrons. The Labute approximate surface area is 215 Å². The van der Waals surface area contributed by atoms with E-state index in [1.165, 1.54) is 34.8 Å². The van der Waals surface area contributed by atoms with Crippen LogP contribution in [0, 0.1) is 17.6 Å². The lowest BCUT2D eigenvalue weighted by Gasteiger charge is -2.31. The average Bonchev–Trinajstić information content (AvgIpc) is 3.28. The van der Waals surface area contributed by atoms with Crippen LogP contribution in [-0.4, -0.2) is 44.6 Å². The summed E-state index contributed by atoms with van der Waals surface area (Å²) in [6.07, 6.45) is 5.70.